The molecule has 0 saturated carbocycles. The maximum atomic E-state index is 12.7. The lowest BCUT2D eigenvalue weighted by molar-refractivity contribution is -0.113. The molecule has 3 aromatic rings. The molecule has 160 valence electrons. The Morgan fingerprint density at radius 2 is 1.93 bits per heavy atom. The highest BCUT2D eigenvalue weighted by Crippen LogP contribution is 2.28. The van der Waals surface area contributed by atoms with E-state index >= 15 is 0 Å². The molecule has 1 heterocycles. The minimum Gasteiger partial charge on any atom is -0.324 e. The topological polar surface area (TPSA) is 79.4 Å². The molecule has 30 heavy (non-hydrogen) atoms. The SMILES string of the molecule is CCN(CC)S(=O)(=O)c1ccc(Cl)c(NC(=O)CSCc2nc3ccccc3s2)c1. The normalized spacial score (nSPS) is 11.9. The van der Waals surface area contributed by atoms with Crippen molar-refractivity contribution in [2.75, 3.05) is 24.2 Å². The number of hydrogen-bond donors (Lipinski definition) is 1. The van der Waals surface area contributed by atoms with Crippen molar-refractivity contribution in [3.05, 3.63) is 52.5 Å². The first-order chi connectivity index (χ1) is 14.3. The van der Waals surface area contributed by atoms with Gasteiger partial charge >= 0.3 is 0 Å². The summed E-state index contributed by atoms with van der Waals surface area (Å²) >= 11 is 9.23. The number of carbonyl (C=O) groups is 1. The molecule has 0 unspecified atom stereocenters. The maximum Gasteiger partial charge on any atom is 0.243 e. The van der Waals surface area contributed by atoms with Crippen LogP contribution in [0, 0.1) is 0 Å². The molecule has 2 aromatic carbocycles. The van der Waals surface area contributed by atoms with Gasteiger partial charge in [0.1, 0.15) is 5.01 Å². The minimum absolute atomic E-state index is 0.105. The molecule has 0 aliphatic heterocycles. The van der Waals surface area contributed by atoms with Crippen LogP contribution in [0.5, 0.6) is 0 Å². The van der Waals surface area contributed by atoms with Gasteiger partial charge in [-0.2, -0.15) is 4.31 Å². The molecular formula is C20H22ClN3O3S3. The second-order valence-corrected chi connectivity index (χ2v) is 10.8. The van der Waals surface area contributed by atoms with Crippen LogP contribution in [0.3, 0.4) is 0 Å². The number of halogens is 1. The van der Waals surface area contributed by atoms with Gasteiger partial charge in [-0.25, -0.2) is 13.4 Å². The Labute approximate surface area is 189 Å². The van der Waals surface area contributed by atoms with Gasteiger partial charge in [-0.3, -0.25) is 4.79 Å². The zero-order valence-corrected chi connectivity index (χ0v) is 19.8. The molecule has 3 rings (SSSR count). The summed E-state index contributed by atoms with van der Waals surface area (Å²) in [5.74, 6) is 0.580. The van der Waals surface area contributed by atoms with E-state index in [1.165, 1.54) is 34.3 Å². The number of rotatable bonds is 9. The van der Waals surface area contributed by atoms with Crippen molar-refractivity contribution in [3.8, 4) is 0 Å². The number of benzene rings is 2. The van der Waals surface area contributed by atoms with Crippen molar-refractivity contribution in [2.24, 2.45) is 0 Å². The number of para-hydroxylation sites is 1. The van der Waals surface area contributed by atoms with Gasteiger partial charge in [0.15, 0.2) is 0 Å². The Kier molecular flexibility index (Phi) is 7.75. The summed E-state index contributed by atoms with van der Waals surface area (Å²) in [7, 11) is -3.63. The Morgan fingerprint density at radius 1 is 1.20 bits per heavy atom. The predicted molar refractivity (Wildman–Crippen MR) is 126 cm³/mol. The van der Waals surface area contributed by atoms with Crippen molar-refractivity contribution in [3.63, 3.8) is 0 Å². The van der Waals surface area contributed by atoms with Crippen molar-refractivity contribution in [1.29, 1.82) is 0 Å². The maximum absolute atomic E-state index is 12.7. The summed E-state index contributed by atoms with van der Waals surface area (Å²) in [6, 6.07) is 12.3. The lowest BCUT2D eigenvalue weighted by Gasteiger charge is -2.19. The monoisotopic (exact) mass is 483 g/mol. The van der Waals surface area contributed by atoms with E-state index in [-0.39, 0.29) is 27.3 Å². The van der Waals surface area contributed by atoms with Gasteiger partial charge in [0, 0.05) is 18.8 Å². The molecule has 0 aliphatic rings. The van der Waals surface area contributed by atoms with Gasteiger partial charge in [0.05, 0.1) is 31.6 Å². The zero-order valence-electron chi connectivity index (χ0n) is 16.6. The van der Waals surface area contributed by atoms with Crippen molar-refractivity contribution in [1.82, 2.24) is 9.29 Å². The fourth-order valence-corrected chi connectivity index (χ4v) is 6.37. The number of aromatic nitrogens is 1. The van der Waals surface area contributed by atoms with E-state index in [9.17, 15) is 13.2 Å². The summed E-state index contributed by atoms with van der Waals surface area (Å²) in [5.41, 5.74) is 1.25. The van der Waals surface area contributed by atoms with Crippen LogP contribution in [0.2, 0.25) is 5.02 Å². The number of thiazole rings is 1. The number of amides is 1. The predicted octanol–water partition coefficient (Wildman–Crippen LogP) is 4.85. The highest BCUT2D eigenvalue weighted by molar-refractivity contribution is 7.99. The first kappa shape index (κ1) is 23.0. The molecule has 0 fully saturated rings. The Morgan fingerprint density at radius 3 is 2.63 bits per heavy atom. The van der Waals surface area contributed by atoms with E-state index in [1.807, 2.05) is 24.3 Å². The van der Waals surface area contributed by atoms with E-state index in [1.54, 1.807) is 25.2 Å². The second kappa shape index (κ2) is 10.1. The first-order valence-electron chi connectivity index (χ1n) is 9.37. The molecular weight excluding hydrogens is 462 g/mol. The lowest BCUT2D eigenvalue weighted by Crippen LogP contribution is -2.30. The first-order valence-corrected chi connectivity index (χ1v) is 13.2. The third kappa shape index (κ3) is 5.33. The molecule has 1 N–H and O–H groups in total. The lowest BCUT2D eigenvalue weighted by atomic mass is 10.3. The van der Waals surface area contributed by atoms with Crippen LogP contribution in [0.15, 0.2) is 47.4 Å². The minimum atomic E-state index is -3.63. The Bertz CT molecular complexity index is 1110. The van der Waals surface area contributed by atoms with Crippen molar-refractivity contribution >= 4 is 66.5 Å². The van der Waals surface area contributed by atoms with Crippen LogP contribution in [-0.4, -0.2) is 42.5 Å². The number of nitrogens with zero attached hydrogens (tertiary/aromatic N) is 2. The van der Waals surface area contributed by atoms with Crippen LogP contribution in [0.1, 0.15) is 18.9 Å². The van der Waals surface area contributed by atoms with Gasteiger partial charge in [-0.15, -0.1) is 23.1 Å². The number of thioether (sulfide) groups is 1. The van der Waals surface area contributed by atoms with E-state index in [4.69, 9.17) is 11.6 Å². The number of nitrogens with one attached hydrogen (secondary N) is 1. The molecule has 10 heteroatoms. The summed E-state index contributed by atoms with van der Waals surface area (Å²) in [6.45, 7) is 4.29. The van der Waals surface area contributed by atoms with Gasteiger partial charge in [-0.1, -0.05) is 37.6 Å². The van der Waals surface area contributed by atoms with E-state index in [0.717, 1.165) is 15.2 Å². The molecule has 0 aliphatic carbocycles. The number of anilines is 1. The summed E-state index contributed by atoms with van der Waals surface area (Å²) in [5, 5.41) is 3.97. The van der Waals surface area contributed by atoms with Gasteiger partial charge in [0.25, 0.3) is 0 Å². The quantitative estimate of drug-likeness (QED) is 0.470. The van der Waals surface area contributed by atoms with Gasteiger partial charge < -0.3 is 5.32 Å². The number of fused-ring (bicyclic) bond motifs is 1. The average molecular weight is 484 g/mol. The van der Waals surface area contributed by atoms with E-state index in [0.29, 0.717) is 18.8 Å². The fraction of sp³-hybridized carbons (Fsp3) is 0.300. The molecule has 0 radical (unpaired) electrons. The van der Waals surface area contributed by atoms with Crippen molar-refractivity contribution in [2.45, 2.75) is 24.5 Å². The summed E-state index contributed by atoms with van der Waals surface area (Å²) in [4.78, 5) is 17.0. The second-order valence-electron chi connectivity index (χ2n) is 6.35. The number of hydrogen-bond acceptors (Lipinski definition) is 6. The van der Waals surface area contributed by atoms with Crippen molar-refractivity contribution < 1.29 is 13.2 Å². The molecule has 1 amide bonds. The van der Waals surface area contributed by atoms with Crippen LogP contribution < -0.4 is 5.32 Å². The van der Waals surface area contributed by atoms with Crippen LogP contribution in [-0.2, 0) is 20.6 Å². The van der Waals surface area contributed by atoms with Crippen LogP contribution >= 0.6 is 34.7 Å². The molecule has 0 saturated heterocycles. The summed E-state index contributed by atoms with van der Waals surface area (Å²) < 4.78 is 27.9. The summed E-state index contributed by atoms with van der Waals surface area (Å²) in [6.07, 6.45) is 0. The molecule has 6 nitrogen and oxygen atoms in total. The highest BCUT2D eigenvalue weighted by atomic mass is 35.5. The highest BCUT2D eigenvalue weighted by Gasteiger charge is 2.22. The third-order valence-corrected chi connectivity index (χ3v) is 8.89. The van der Waals surface area contributed by atoms with Crippen LogP contribution in [0.25, 0.3) is 10.2 Å². The molecule has 0 spiro atoms. The third-order valence-electron chi connectivity index (χ3n) is 4.35. The Hall–Kier alpha value is -1.65. The van der Waals surface area contributed by atoms with E-state index < -0.39 is 10.0 Å². The van der Waals surface area contributed by atoms with Gasteiger partial charge in [-0.05, 0) is 30.3 Å². The average Bonchev–Trinajstić information content (AvgIpc) is 3.13. The van der Waals surface area contributed by atoms with E-state index in [2.05, 4.69) is 10.3 Å². The van der Waals surface area contributed by atoms with Crippen LogP contribution in [0.4, 0.5) is 5.69 Å². The van der Waals surface area contributed by atoms with Gasteiger partial charge in [0.2, 0.25) is 15.9 Å². The largest absolute Gasteiger partial charge is 0.324 e. The Balaban J connectivity index is 1.63. The standard InChI is InChI=1S/C20H22ClN3O3S3/c1-3-24(4-2)30(26,27)14-9-10-15(21)17(11-14)22-19(25)12-28-13-20-23-16-7-5-6-8-18(16)29-20/h5-11H,3-4,12-13H2,1-2H3,(H,22,25). The fourth-order valence-electron chi connectivity index (χ4n) is 2.87. The molecule has 1 aromatic heterocycles. The molecule has 0 atom stereocenters. The number of sulfonamides is 1. The smallest absolute Gasteiger partial charge is 0.243 e. The molecule has 0 bridgehead atoms. The zero-order chi connectivity index (χ0) is 21.7. The number of carbonyl (C=O) groups excluding carboxylic acids is 1.